The number of benzene rings is 2. The second-order valence-electron chi connectivity index (χ2n) is 4.30. The number of ether oxygens (including phenoxy) is 1. The first-order valence-corrected chi connectivity index (χ1v) is 6.17. The van der Waals surface area contributed by atoms with Crippen LogP contribution >= 0.6 is 0 Å². The zero-order chi connectivity index (χ0) is 14.7. The van der Waals surface area contributed by atoms with E-state index in [1.165, 1.54) is 6.07 Å². The number of anilines is 1. The molecule has 20 heavy (non-hydrogen) atoms. The Labute approximate surface area is 116 Å². The minimum absolute atomic E-state index is 0.00822. The summed E-state index contributed by atoms with van der Waals surface area (Å²) in [5, 5.41) is 0. The van der Waals surface area contributed by atoms with Crippen LogP contribution in [0.2, 0.25) is 0 Å². The van der Waals surface area contributed by atoms with Crippen molar-refractivity contribution in [1.82, 2.24) is 0 Å². The minimum atomic E-state index is -0.726. The Hall–Kier alpha value is -2.56. The standard InChI is InChI=1S/C15H15FN2O2/c1-2-9-5-3-4-6-13(9)20-14-7-10(15(18)19)12(17)8-11(14)16/h3-8H,2,17H2,1H3,(H2,18,19). The molecule has 0 bridgehead atoms. The molecular weight excluding hydrogens is 259 g/mol. The maximum absolute atomic E-state index is 13.9. The minimum Gasteiger partial charge on any atom is -0.454 e. The highest BCUT2D eigenvalue weighted by Gasteiger charge is 2.14. The van der Waals surface area contributed by atoms with E-state index in [0.717, 1.165) is 18.1 Å². The fourth-order valence-electron chi connectivity index (χ4n) is 1.87. The van der Waals surface area contributed by atoms with Crippen molar-refractivity contribution in [2.24, 2.45) is 5.73 Å². The van der Waals surface area contributed by atoms with Crippen LogP contribution in [0.4, 0.5) is 10.1 Å². The van der Waals surface area contributed by atoms with E-state index >= 15 is 0 Å². The number of carbonyl (C=O) groups is 1. The number of hydrogen-bond acceptors (Lipinski definition) is 3. The fourth-order valence-corrected chi connectivity index (χ4v) is 1.87. The molecular formula is C15H15FN2O2. The summed E-state index contributed by atoms with van der Waals surface area (Å²) in [6.45, 7) is 1.97. The molecule has 2 rings (SSSR count). The van der Waals surface area contributed by atoms with Crippen LogP contribution in [0.1, 0.15) is 22.8 Å². The van der Waals surface area contributed by atoms with Gasteiger partial charge in [0.2, 0.25) is 0 Å². The van der Waals surface area contributed by atoms with Gasteiger partial charge in [-0.2, -0.15) is 0 Å². The van der Waals surface area contributed by atoms with Gasteiger partial charge in [-0.05, 0) is 24.1 Å². The van der Waals surface area contributed by atoms with Gasteiger partial charge < -0.3 is 16.2 Å². The van der Waals surface area contributed by atoms with Crippen molar-refractivity contribution in [3.8, 4) is 11.5 Å². The van der Waals surface area contributed by atoms with Crippen LogP contribution in [0.15, 0.2) is 36.4 Å². The van der Waals surface area contributed by atoms with Crippen molar-refractivity contribution in [3.05, 3.63) is 53.3 Å². The van der Waals surface area contributed by atoms with Crippen molar-refractivity contribution in [1.29, 1.82) is 0 Å². The highest BCUT2D eigenvalue weighted by Crippen LogP contribution is 2.30. The van der Waals surface area contributed by atoms with E-state index in [2.05, 4.69) is 0 Å². The number of amides is 1. The lowest BCUT2D eigenvalue weighted by atomic mass is 10.1. The molecule has 0 saturated heterocycles. The second-order valence-corrected chi connectivity index (χ2v) is 4.30. The summed E-state index contributed by atoms with van der Waals surface area (Å²) in [6, 6.07) is 9.54. The van der Waals surface area contributed by atoms with Gasteiger partial charge in [-0.25, -0.2) is 4.39 Å². The van der Waals surface area contributed by atoms with Gasteiger partial charge in [0.05, 0.1) is 5.56 Å². The van der Waals surface area contributed by atoms with Gasteiger partial charge in [-0.1, -0.05) is 25.1 Å². The summed E-state index contributed by atoms with van der Waals surface area (Å²) >= 11 is 0. The molecule has 0 heterocycles. The van der Waals surface area contributed by atoms with Gasteiger partial charge in [0.1, 0.15) is 5.75 Å². The normalized spacial score (nSPS) is 10.3. The molecule has 0 aliphatic carbocycles. The van der Waals surface area contributed by atoms with Crippen LogP contribution in [-0.4, -0.2) is 5.91 Å². The van der Waals surface area contributed by atoms with Crippen LogP contribution < -0.4 is 16.2 Å². The number of para-hydroxylation sites is 1. The SMILES string of the molecule is CCc1ccccc1Oc1cc(C(N)=O)c(N)cc1F. The van der Waals surface area contributed by atoms with E-state index < -0.39 is 11.7 Å². The van der Waals surface area contributed by atoms with Crippen LogP contribution in [0.3, 0.4) is 0 Å². The van der Waals surface area contributed by atoms with Crippen molar-refractivity contribution in [2.75, 3.05) is 5.73 Å². The Balaban J connectivity index is 2.43. The predicted molar refractivity (Wildman–Crippen MR) is 75.2 cm³/mol. The summed E-state index contributed by atoms with van der Waals surface area (Å²) in [5.74, 6) is -0.905. The van der Waals surface area contributed by atoms with Crippen molar-refractivity contribution in [2.45, 2.75) is 13.3 Å². The Morgan fingerprint density at radius 3 is 2.60 bits per heavy atom. The lowest BCUT2D eigenvalue weighted by Crippen LogP contribution is -2.14. The van der Waals surface area contributed by atoms with Gasteiger partial charge in [0, 0.05) is 11.8 Å². The topological polar surface area (TPSA) is 78.3 Å². The van der Waals surface area contributed by atoms with E-state index in [4.69, 9.17) is 16.2 Å². The molecule has 0 saturated carbocycles. The number of nitrogens with two attached hydrogens (primary N) is 2. The number of hydrogen-bond donors (Lipinski definition) is 2. The van der Waals surface area contributed by atoms with Gasteiger partial charge >= 0.3 is 0 Å². The molecule has 0 unspecified atom stereocenters. The summed E-state index contributed by atoms with van der Waals surface area (Å²) in [7, 11) is 0. The molecule has 0 fully saturated rings. The fraction of sp³-hybridized carbons (Fsp3) is 0.133. The lowest BCUT2D eigenvalue weighted by molar-refractivity contribution is 0.100. The lowest BCUT2D eigenvalue weighted by Gasteiger charge is -2.12. The van der Waals surface area contributed by atoms with Gasteiger partial charge in [-0.3, -0.25) is 4.79 Å². The largest absolute Gasteiger partial charge is 0.454 e. The molecule has 4 nitrogen and oxygen atoms in total. The molecule has 104 valence electrons. The Morgan fingerprint density at radius 1 is 1.25 bits per heavy atom. The summed E-state index contributed by atoms with van der Waals surface area (Å²) in [4.78, 5) is 11.2. The third kappa shape index (κ3) is 2.71. The van der Waals surface area contributed by atoms with Gasteiger partial charge in [0.25, 0.3) is 5.91 Å². The summed E-state index contributed by atoms with van der Waals surface area (Å²) in [6.07, 6.45) is 0.745. The number of carbonyl (C=O) groups excluding carboxylic acids is 1. The highest BCUT2D eigenvalue weighted by molar-refractivity contribution is 5.98. The average molecular weight is 274 g/mol. The van der Waals surface area contributed by atoms with Crippen LogP contribution in [0, 0.1) is 5.82 Å². The molecule has 0 aliphatic heterocycles. The average Bonchev–Trinajstić information content (AvgIpc) is 2.42. The predicted octanol–water partition coefficient (Wildman–Crippen LogP) is 2.86. The Bertz CT molecular complexity index is 656. The Kier molecular flexibility index (Phi) is 3.89. The smallest absolute Gasteiger partial charge is 0.250 e. The van der Waals surface area contributed by atoms with Crippen LogP contribution in [-0.2, 0) is 6.42 Å². The number of aryl methyl sites for hydroxylation is 1. The number of halogens is 1. The molecule has 1 amide bonds. The van der Waals surface area contributed by atoms with Crippen LogP contribution in [0.5, 0.6) is 11.5 Å². The molecule has 2 aromatic rings. The maximum Gasteiger partial charge on any atom is 0.250 e. The third-order valence-corrected chi connectivity index (χ3v) is 2.94. The van der Waals surface area contributed by atoms with E-state index in [1.807, 2.05) is 19.1 Å². The number of rotatable bonds is 4. The van der Waals surface area contributed by atoms with E-state index in [1.54, 1.807) is 12.1 Å². The van der Waals surface area contributed by atoms with E-state index in [9.17, 15) is 9.18 Å². The van der Waals surface area contributed by atoms with Crippen LogP contribution in [0.25, 0.3) is 0 Å². The van der Waals surface area contributed by atoms with Gasteiger partial charge in [0.15, 0.2) is 11.6 Å². The first kappa shape index (κ1) is 13.9. The quantitative estimate of drug-likeness (QED) is 0.841. The molecule has 0 aromatic heterocycles. The van der Waals surface area contributed by atoms with Crippen molar-refractivity contribution in [3.63, 3.8) is 0 Å². The third-order valence-electron chi connectivity index (χ3n) is 2.94. The second kappa shape index (κ2) is 5.61. The highest BCUT2D eigenvalue weighted by atomic mass is 19.1. The zero-order valence-electron chi connectivity index (χ0n) is 11.0. The number of nitrogen functional groups attached to an aromatic ring is 1. The summed E-state index contributed by atoms with van der Waals surface area (Å²) in [5.41, 5.74) is 11.7. The van der Waals surface area contributed by atoms with Crippen molar-refractivity contribution < 1.29 is 13.9 Å². The molecule has 4 N–H and O–H groups in total. The molecule has 0 radical (unpaired) electrons. The van der Waals surface area contributed by atoms with E-state index in [0.29, 0.717) is 5.75 Å². The molecule has 5 heteroatoms. The maximum atomic E-state index is 13.9. The molecule has 2 aromatic carbocycles. The van der Waals surface area contributed by atoms with Crippen molar-refractivity contribution >= 4 is 11.6 Å². The van der Waals surface area contributed by atoms with E-state index in [-0.39, 0.29) is 17.0 Å². The van der Waals surface area contributed by atoms with Gasteiger partial charge in [-0.15, -0.1) is 0 Å². The zero-order valence-corrected chi connectivity index (χ0v) is 11.0. The molecule has 0 atom stereocenters. The monoisotopic (exact) mass is 274 g/mol. The first-order chi connectivity index (χ1) is 9.52. The number of primary amides is 1. The Morgan fingerprint density at radius 2 is 1.95 bits per heavy atom. The molecule has 0 aliphatic rings. The summed E-state index contributed by atoms with van der Waals surface area (Å²) < 4.78 is 19.4. The molecule has 0 spiro atoms. The first-order valence-electron chi connectivity index (χ1n) is 6.17.